The lowest BCUT2D eigenvalue weighted by Crippen LogP contribution is -2.47. The number of methoxy groups -OCH3 is 1. The lowest BCUT2D eigenvalue weighted by molar-refractivity contribution is -0.140. The lowest BCUT2D eigenvalue weighted by atomic mass is 10.1. The molecule has 7 heteroatoms. The molecule has 2 aromatic carbocycles. The number of amides is 2. The number of benzene rings is 2. The van der Waals surface area contributed by atoms with E-state index in [1.165, 1.54) is 0 Å². The first-order chi connectivity index (χ1) is 15.0. The lowest BCUT2D eigenvalue weighted by Gasteiger charge is -2.29. The Bertz CT molecular complexity index is 915. The number of carbonyl (C=O) groups is 2. The number of nitrogens with one attached hydrogen (secondary N) is 1. The fourth-order valence-electron chi connectivity index (χ4n) is 3.44. The average Bonchev–Trinajstić information content (AvgIpc) is 3.27. The highest BCUT2D eigenvalue weighted by Crippen LogP contribution is 2.32. The predicted octanol–water partition coefficient (Wildman–Crippen LogP) is 3.30. The van der Waals surface area contributed by atoms with Crippen molar-refractivity contribution < 1.29 is 23.8 Å². The van der Waals surface area contributed by atoms with Gasteiger partial charge in [-0.2, -0.15) is 0 Å². The highest BCUT2D eigenvalue weighted by atomic mass is 16.7. The van der Waals surface area contributed by atoms with Crippen LogP contribution in [0.2, 0.25) is 0 Å². The Morgan fingerprint density at radius 3 is 2.71 bits per heavy atom. The quantitative estimate of drug-likeness (QED) is 0.631. The van der Waals surface area contributed by atoms with Gasteiger partial charge in [-0.05, 0) is 55.2 Å². The van der Waals surface area contributed by atoms with E-state index in [1.54, 1.807) is 18.9 Å². The topological polar surface area (TPSA) is 77.1 Å². The molecule has 0 bridgehead atoms. The smallest absolute Gasteiger partial charge is 0.242 e. The Labute approximate surface area is 183 Å². The number of nitrogens with zero attached hydrogens (tertiary/aromatic N) is 1. The van der Waals surface area contributed by atoms with Gasteiger partial charge in [-0.15, -0.1) is 0 Å². The van der Waals surface area contributed by atoms with Crippen molar-refractivity contribution in [2.24, 2.45) is 0 Å². The summed E-state index contributed by atoms with van der Waals surface area (Å²) >= 11 is 0. The van der Waals surface area contributed by atoms with E-state index in [2.05, 4.69) is 5.32 Å². The summed E-state index contributed by atoms with van der Waals surface area (Å²) < 4.78 is 16.1. The molecule has 0 saturated heterocycles. The summed E-state index contributed by atoms with van der Waals surface area (Å²) in [6, 6.07) is 12.7. The molecule has 0 aliphatic carbocycles. The minimum absolute atomic E-state index is 0.0837. The molecule has 1 heterocycles. The Balaban J connectivity index is 1.72. The van der Waals surface area contributed by atoms with Gasteiger partial charge < -0.3 is 24.4 Å². The largest absolute Gasteiger partial charge is 0.497 e. The van der Waals surface area contributed by atoms with Crippen molar-refractivity contribution in [3.05, 3.63) is 53.6 Å². The summed E-state index contributed by atoms with van der Waals surface area (Å²) in [5.41, 5.74) is 1.90. The number of fused-ring (bicyclic) bond motifs is 1. The molecule has 0 saturated carbocycles. The van der Waals surface area contributed by atoms with Gasteiger partial charge >= 0.3 is 0 Å². The van der Waals surface area contributed by atoms with E-state index in [-0.39, 0.29) is 25.0 Å². The number of ether oxygens (including phenoxy) is 3. The zero-order chi connectivity index (χ0) is 22.2. The zero-order valence-corrected chi connectivity index (χ0v) is 18.3. The van der Waals surface area contributed by atoms with Crippen molar-refractivity contribution in [2.75, 3.05) is 20.4 Å². The molecular weight excluding hydrogens is 396 g/mol. The SMILES string of the molecule is CCCNC(=O)[C@H](C)N(Cc1cccc(OC)c1)C(=O)CCc1ccc2c(c1)OCO2. The second kappa shape index (κ2) is 10.7. The zero-order valence-electron chi connectivity index (χ0n) is 18.3. The summed E-state index contributed by atoms with van der Waals surface area (Å²) in [5, 5.41) is 2.89. The number of rotatable bonds is 10. The number of hydrogen-bond donors (Lipinski definition) is 1. The first kappa shape index (κ1) is 22.5. The van der Waals surface area contributed by atoms with E-state index in [1.807, 2.05) is 49.4 Å². The molecule has 166 valence electrons. The van der Waals surface area contributed by atoms with Gasteiger partial charge in [0.2, 0.25) is 18.6 Å². The molecule has 0 aromatic heterocycles. The van der Waals surface area contributed by atoms with Crippen molar-refractivity contribution in [2.45, 2.75) is 45.7 Å². The third kappa shape index (κ3) is 5.90. The molecule has 0 spiro atoms. The van der Waals surface area contributed by atoms with Crippen molar-refractivity contribution in [3.63, 3.8) is 0 Å². The summed E-state index contributed by atoms with van der Waals surface area (Å²) in [6.07, 6.45) is 1.68. The number of aryl methyl sites for hydroxylation is 1. The van der Waals surface area contributed by atoms with Gasteiger partial charge in [-0.1, -0.05) is 25.1 Å². The Hall–Kier alpha value is -3.22. The highest BCUT2D eigenvalue weighted by molar-refractivity contribution is 5.87. The van der Waals surface area contributed by atoms with Gasteiger partial charge in [0.15, 0.2) is 11.5 Å². The summed E-state index contributed by atoms with van der Waals surface area (Å²) in [6.45, 7) is 4.90. The molecule has 1 N–H and O–H groups in total. The van der Waals surface area contributed by atoms with Crippen molar-refractivity contribution in [3.8, 4) is 17.2 Å². The number of carbonyl (C=O) groups excluding carboxylic acids is 2. The van der Waals surface area contributed by atoms with E-state index in [0.29, 0.717) is 31.0 Å². The molecule has 0 unspecified atom stereocenters. The van der Waals surface area contributed by atoms with E-state index in [9.17, 15) is 9.59 Å². The van der Waals surface area contributed by atoms with Crippen LogP contribution in [-0.2, 0) is 22.6 Å². The van der Waals surface area contributed by atoms with Crippen LogP contribution in [0.25, 0.3) is 0 Å². The van der Waals surface area contributed by atoms with Crippen LogP contribution >= 0.6 is 0 Å². The van der Waals surface area contributed by atoms with Crippen LogP contribution in [0.1, 0.15) is 37.8 Å². The summed E-state index contributed by atoms with van der Waals surface area (Å²) in [4.78, 5) is 27.4. The second-order valence-electron chi connectivity index (χ2n) is 7.53. The van der Waals surface area contributed by atoms with E-state index in [0.717, 1.165) is 23.3 Å². The number of hydrogen-bond acceptors (Lipinski definition) is 5. The standard InChI is InChI=1S/C24H30N2O5/c1-4-12-25-24(28)17(2)26(15-19-6-5-7-20(13-19)29-3)23(27)11-9-18-8-10-21-22(14-18)31-16-30-21/h5-8,10,13-14,17H,4,9,11-12,15-16H2,1-3H3,(H,25,28)/t17-/m0/s1. The third-order valence-corrected chi connectivity index (χ3v) is 5.27. The maximum absolute atomic E-state index is 13.2. The summed E-state index contributed by atoms with van der Waals surface area (Å²) in [5.74, 6) is 1.90. The van der Waals surface area contributed by atoms with Crippen molar-refractivity contribution in [1.82, 2.24) is 10.2 Å². The van der Waals surface area contributed by atoms with Crippen molar-refractivity contribution >= 4 is 11.8 Å². The Kier molecular flexibility index (Phi) is 7.76. The van der Waals surface area contributed by atoms with Gasteiger partial charge in [0.25, 0.3) is 0 Å². The predicted molar refractivity (Wildman–Crippen MR) is 117 cm³/mol. The molecule has 0 fully saturated rings. The minimum atomic E-state index is -0.581. The van der Waals surface area contributed by atoms with E-state index in [4.69, 9.17) is 14.2 Å². The Morgan fingerprint density at radius 1 is 1.13 bits per heavy atom. The van der Waals surface area contributed by atoms with Crippen molar-refractivity contribution in [1.29, 1.82) is 0 Å². The maximum Gasteiger partial charge on any atom is 0.242 e. The monoisotopic (exact) mass is 426 g/mol. The summed E-state index contributed by atoms with van der Waals surface area (Å²) in [7, 11) is 1.61. The molecule has 1 aliphatic rings. The van der Waals surface area contributed by atoms with Crippen LogP contribution in [-0.4, -0.2) is 43.2 Å². The molecular formula is C24H30N2O5. The first-order valence-corrected chi connectivity index (χ1v) is 10.6. The van der Waals surface area contributed by atoms with Crippen LogP contribution in [0.3, 0.4) is 0 Å². The second-order valence-corrected chi connectivity index (χ2v) is 7.53. The maximum atomic E-state index is 13.2. The minimum Gasteiger partial charge on any atom is -0.497 e. The fourth-order valence-corrected chi connectivity index (χ4v) is 3.44. The van der Waals surface area contributed by atoms with Gasteiger partial charge in [0, 0.05) is 19.5 Å². The van der Waals surface area contributed by atoms with Gasteiger partial charge in [-0.3, -0.25) is 9.59 Å². The molecule has 1 atom stereocenters. The van der Waals surface area contributed by atoms with Gasteiger partial charge in [-0.25, -0.2) is 0 Å². The van der Waals surface area contributed by atoms with Gasteiger partial charge in [0.05, 0.1) is 7.11 Å². The van der Waals surface area contributed by atoms with Crippen LogP contribution in [0.15, 0.2) is 42.5 Å². The van der Waals surface area contributed by atoms with Crippen LogP contribution in [0, 0.1) is 0 Å². The van der Waals surface area contributed by atoms with E-state index < -0.39 is 6.04 Å². The normalized spacial score (nSPS) is 12.9. The van der Waals surface area contributed by atoms with Crippen LogP contribution < -0.4 is 19.5 Å². The third-order valence-electron chi connectivity index (χ3n) is 5.27. The molecule has 2 aromatic rings. The fraction of sp³-hybridized carbons (Fsp3) is 0.417. The van der Waals surface area contributed by atoms with Crippen LogP contribution in [0.5, 0.6) is 17.2 Å². The Morgan fingerprint density at radius 2 is 1.94 bits per heavy atom. The highest BCUT2D eigenvalue weighted by Gasteiger charge is 2.26. The first-order valence-electron chi connectivity index (χ1n) is 10.6. The van der Waals surface area contributed by atoms with Gasteiger partial charge in [0.1, 0.15) is 11.8 Å². The molecule has 3 rings (SSSR count). The van der Waals surface area contributed by atoms with E-state index >= 15 is 0 Å². The molecule has 0 radical (unpaired) electrons. The average molecular weight is 427 g/mol. The molecule has 2 amide bonds. The van der Waals surface area contributed by atoms with Crippen LogP contribution in [0.4, 0.5) is 0 Å². The molecule has 31 heavy (non-hydrogen) atoms. The molecule has 1 aliphatic heterocycles. The molecule has 7 nitrogen and oxygen atoms in total.